The number of carbonyl (C=O) groups is 1. The molecule has 1 amide bonds. The number of nitrogens with two attached hydrogens (primary N) is 1. The fraction of sp³-hybridized carbons (Fsp3) is 0.750. The van der Waals surface area contributed by atoms with Gasteiger partial charge in [0, 0.05) is 24.4 Å². The monoisotopic (exact) mass is 343 g/mol. The minimum Gasteiger partial charge on any atom is -0.334 e. The smallest absolute Gasteiger partial charge is 0.273 e. The van der Waals surface area contributed by atoms with Gasteiger partial charge in [-0.05, 0) is 36.6 Å². The lowest BCUT2D eigenvalue weighted by molar-refractivity contribution is 0.0703. The van der Waals surface area contributed by atoms with Crippen LogP contribution in [0.1, 0.15) is 55.5 Å². The van der Waals surface area contributed by atoms with E-state index in [0.29, 0.717) is 23.7 Å². The van der Waals surface area contributed by atoms with Crippen molar-refractivity contribution in [2.24, 2.45) is 16.6 Å². The Labute approximate surface area is 142 Å². The molecule has 1 aromatic rings. The molecule has 1 saturated carbocycles. The Balaban J connectivity index is 0.00000176. The van der Waals surface area contributed by atoms with Gasteiger partial charge in [0.2, 0.25) is 0 Å². The number of amides is 1. The van der Waals surface area contributed by atoms with Gasteiger partial charge in [0.05, 0.1) is 5.01 Å². The first kappa shape index (κ1) is 17.7. The summed E-state index contributed by atoms with van der Waals surface area (Å²) >= 11 is 1.55. The maximum absolute atomic E-state index is 12.8. The van der Waals surface area contributed by atoms with E-state index >= 15 is 0 Å². The predicted molar refractivity (Wildman–Crippen MR) is 92.7 cm³/mol. The van der Waals surface area contributed by atoms with Crippen molar-refractivity contribution < 1.29 is 4.79 Å². The molecule has 1 aromatic heterocycles. The lowest BCUT2D eigenvalue weighted by atomic mass is 9.65. The molecule has 3 rings (SSSR count). The summed E-state index contributed by atoms with van der Waals surface area (Å²) in [6, 6.07) is 0.380. The maximum atomic E-state index is 12.8. The van der Waals surface area contributed by atoms with Gasteiger partial charge in [0.15, 0.2) is 0 Å². The van der Waals surface area contributed by atoms with Crippen LogP contribution in [0.4, 0.5) is 0 Å². The molecular weight excluding hydrogens is 318 g/mol. The van der Waals surface area contributed by atoms with Crippen LogP contribution in [0.3, 0.4) is 0 Å². The molecule has 2 N–H and O–H groups in total. The maximum Gasteiger partial charge on any atom is 0.273 e. The van der Waals surface area contributed by atoms with E-state index in [1.165, 1.54) is 6.42 Å². The van der Waals surface area contributed by atoms with E-state index in [1.54, 1.807) is 11.3 Å². The molecule has 2 aliphatic rings. The molecule has 22 heavy (non-hydrogen) atoms. The molecular formula is C16H26ClN3OS. The molecule has 0 radical (unpaired) electrons. The van der Waals surface area contributed by atoms with Crippen LogP contribution in [0, 0.1) is 10.8 Å². The van der Waals surface area contributed by atoms with Crippen molar-refractivity contribution >= 4 is 29.7 Å². The molecule has 0 spiro atoms. The molecule has 2 unspecified atom stereocenters. The first-order valence-corrected chi connectivity index (χ1v) is 8.65. The van der Waals surface area contributed by atoms with Gasteiger partial charge in [-0.2, -0.15) is 0 Å². The van der Waals surface area contributed by atoms with Crippen LogP contribution in [0.25, 0.3) is 0 Å². The topological polar surface area (TPSA) is 59.2 Å². The zero-order chi connectivity index (χ0) is 15.3. The summed E-state index contributed by atoms with van der Waals surface area (Å²) in [4.78, 5) is 19.3. The first-order valence-electron chi connectivity index (χ1n) is 7.77. The number of likely N-dealkylation sites (tertiary alicyclic amines) is 1. The molecule has 1 aliphatic heterocycles. The number of nitrogens with zero attached hydrogens (tertiary/aromatic N) is 2. The zero-order valence-electron chi connectivity index (χ0n) is 13.6. The molecule has 124 valence electrons. The largest absolute Gasteiger partial charge is 0.334 e. The van der Waals surface area contributed by atoms with Crippen LogP contribution in [0.2, 0.25) is 0 Å². The second-order valence-electron chi connectivity index (χ2n) is 7.81. The Morgan fingerprint density at radius 1 is 1.45 bits per heavy atom. The summed E-state index contributed by atoms with van der Waals surface area (Å²) in [6.07, 6.45) is 4.21. The van der Waals surface area contributed by atoms with Gasteiger partial charge >= 0.3 is 0 Å². The van der Waals surface area contributed by atoms with E-state index in [-0.39, 0.29) is 23.7 Å². The normalized spacial score (nSPS) is 29.3. The highest BCUT2D eigenvalue weighted by molar-refractivity contribution is 7.09. The van der Waals surface area contributed by atoms with Crippen molar-refractivity contribution in [1.82, 2.24) is 9.88 Å². The summed E-state index contributed by atoms with van der Waals surface area (Å²) in [6.45, 7) is 8.44. The summed E-state index contributed by atoms with van der Waals surface area (Å²) in [5.74, 6) is 0.112. The Hall–Kier alpha value is -0.650. The Morgan fingerprint density at radius 3 is 2.86 bits per heavy atom. The second kappa shape index (κ2) is 6.10. The highest BCUT2D eigenvalue weighted by Gasteiger charge is 2.51. The predicted octanol–water partition coefficient (Wildman–Crippen LogP) is 3.11. The van der Waals surface area contributed by atoms with Crippen LogP contribution in [-0.2, 0) is 6.42 Å². The lowest BCUT2D eigenvalue weighted by Gasteiger charge is -2.39. The Kier molecular flexibility index (Phi) is 4.91. The number of thiazole rings is 1. The fourth-order valence-electron chi connectivity index (χ4n) is 4.49. The van der Waals surface area contributed by atoms with E-state index < -0.39 is 0 Å². The summed E-state index contributed by atoms with van der Waals surface area (Å²) in [5, 5.41) is 2.86. The van der Waals surface area contributed by atoms with Crippen molar-refractivity contribution in [1.29, 1.82) is 0 Å². The SMILES string of the molecule is CC1(C)CC2CC(C)(CN2C(=O)c2csc(CCN)n2)C1.Cl. The summed E-state index contributed by atoms with van der Waals surface area (Å²) in [7, 11) is 0. The number of carbonyl (C=O) groups excluding carboxylic acids is 1. The number of hydrogen-bond donors (Lipinski definition) is 1. The van der Waals surface area contributed by atoms with Crippen molar-refractivity contribution in [3.8, 4) is 0 Å². The molecule has 2 bridgehead atoms. The van der Waals surface area contributed by atoms with E-state index in [9.17, 15) is 4.79 Å². The minimum absolute atomic E-state index is 0. The van der Waals surface area contributed by atoms with Crippen LogP contribution in [0.15, 0.2) is 5.38 Å². The third-order valence-corrected chi connectivity index (χ3v) is 5.71. The standard InChI is InChI=1S/C16H25N3OS.ClH/c1-15(2)6-11-7-16(3,9-15)10-19(11)14(20)12-8-21-13(18-12)4-5-17;/h8,11H,4-7,9-10,17H2,1-3H3;1H. The van der Waals surface area contributed by atoms with Crippen LogP contribution >= 0.6 is 23.7 Å². The van der Waals surface area contributed by atoms with Crippen molar-refractivity contribution in [3.05, 3.63) is 16.1 Å². The van der Waals surface area contributed by atoms with Gasteiger partial charge < -0.3 is 10.6 Å². The van der Waals surface area contributed by atoms with Gasteiger partial charge in [-0.1, -0.05) is 20.8 Å². The minimum atomic E-state index is 0. The van der Waals surface area contributed by atoms with Crippen LogP contribution in [-0.4, -0.2) is 34.9 Å². The van der Waals surface area contributed by atoms with Gasteiger partial charge in [0.25, 0.3) is 5.91 Å². The highest BCUT2D eigenvalue weighted by atomic mass is 35.5. The highest BCUT2D eigenvalue weighted by Crippen LogP contribution is 2.52. The molecule has 2 fully saturated rings. The number of aromatic nitrogens is 1. The van der Waals surface area contributed by atoms with Gasteiger partial charge in [-0.25, -0.2) is 4.98 Å². The molecule has 1 saturated heterocycles. The Morgan fingerprint density at radius 2 is 2.18 bits per heavy atom. The fourth-order valence-corrected chi connectivity index (χ4v) is 5.28. The quantitative estimate of drug-likeness (QED) is 0.917. The van der Waals surface area contributed by atoms with Crippen LogP contribution < -0.4 is 5.73 Å². The average Bonchev–Trinajstić information content (AvgIpc) is 2.90. The third-order valence-electron chi connectivity index (χ3n) is 4.80. The molecule has 6 heteroatoms. The Bertz CT molecular complexity index is 559. The summed E-state index contributed by atoms with van der Waals surface area (Å²) in [5.41, 5.74) is 6.77. The van der Waals surface area contributed by atoms with E-state index in [4.69, 9.17) is 5.73 Å². The van der Waals surface area contributed by atoms with Crippen molar-refractivity contribution in [3.63, 3.8) is 0 Å². The first-order chi connectivity index (χ1) is 9.82. The molecule has 2 heterocycles. The number of halogens is 1. The van der Waals surface area contributed by atoms with Gasteiger partial charge in [-0.3, -0.25) is 4.79 Å². The lowest BCUT2D eigenvalue weighted by Crippen LogP contribution is -2.37. The van der Waals surface area contributed by atoms with E-state index in [0.717, 1.165) is 30.8 Å². The average molecular weight is 344 g/mol. The van der Waals surface area contributed by atoms with E-state index in [1.807, 2.05) is 5.38 Å². The van der Waals surface area contributed by atoms with Gasteiger partial charge in [0.1, 0.15) is 5.69 Å². The number of fused-ring (bicyclic) bond motifs is 2. The molecule has 1 aliphatic carbocycles. The van der Waals surface area contributed by atoms with Crippen molar-refractivity contribution in [2.75, 3.05) is 13.1 Å². The van der Waals surface area contributed by atoms with E-state index in [2.05, 4.69) is 30.7 Å². The number of rotatable bonds is 3. The van der Waals surface area contributed by atoms with Crippen molar-refractivity contribution in [2.45, 2.75) is 52.5 Å². The molecule has 2 atom stereocenters. The zero-order valence-corrected chi connectivity index (χ0v) is 15.2. The van der Waals surface area contributed by atoms with Gasteiger partial charge in [-0.15, -0.1) is 23.7 Å². The molecule has 4 nitrogen and oxygen atoms in total. The second-order valence-corrected chi connectivity index (χ2v) is 8.75. The van der Waals surface area contributed by atoms with Crippen LogP contribution in [0.5, 0.6) is 0 Å². The third kappa shape index (κ3) is 3.31. The summed E-state index contributed by atoms with van der Waals surface area (Å²) < 4.78 is 0. The molecule has 0 aromatic carbocycles. The number of hydrogen-bond acceptors (Lipinski definition) is 4.